The van der Waals surface area contributed by atoms with Crippen LogP contribution in [0.4, 0.5) is 4.39 Å². The van der Waals surface area contributed by atoms with Crippen LogP contribution in [0.2, 0.25) is 0 Å². The van der Waals surface area contributed by atoms with Gasteiger partial charge in [0.05, 0.1) is 0 Å². The Hall–Kier alpha value is -1.87. The van der Waals surface area contributed by atoms with Crippen molar-refractivity contribution in [1.29, 1.82) is 0 Å². The van der Waals surface area contributed by atoms with E-state index in [1.165, 1.54) is 17.7 Å². The van der Waals surface area contributed by atoms with E-state index in [2.05, 4.69) is 36.5 Å². The van der Waals surface area contributed by atoms with E-state index in [-0.39, 0.29) is 5.82 Å². The Balaban J connectivity index is 1.88. The van der Waals surface area contributed by atoms with Crippen LogP contribution in [0.1, 0.15) is 30.0 Å². The maximum atomic E-state index is 13.0. The summed E-state index contributed by atoms with van der Waals surface area (Å²) in [6.45, 7) is 6.43. The van der Waals surface area contributed by atoms with Crippen molar-refractivity contribution in [3.63, 3.8) is 0 Å². The average Bonchev–Trinajstić information content (AvgIpc) is 2.48. The molecule has 0 bridgehead atoms. The molecule has 0 aromatic heterocycles. The van der Waals surface area contributed by atoms with E-state index in [0.29, 0.717) is 6.61 Å². The van der Waals surface area contributed by atoms with Crippen LogP contribution in [0.25, 0.3) is 0 Å². The number of aryl methyl sites for hydroxylation is 1. The number of hydrogen-bond acceptors (Lipinski definition) is 2. The van der Waals surface area contributed by atoms with Gasteiger partial charge in [-0.2, -0.15) is 0 Å². The molecule has 2 rings (SSSR count). The van der Waals surface area contributed by atoms with Crippen LogP contribution in [0.15, 0.2) is 42.5 Å². The van der Waals surface area contributed by atoms with Crippen LogP contribution in [-0.4, -0.2) is 6.54 Å². The molecule has 0 aliphatic carbocycles. The largest absolute Gasteiger partial charge is 0.489 e. The first-order chi connectivity index (χ1) is 10.2. The van der Waals surface area contributed by atoms with Gasteiger partial charge >= 0.3 is 0 Å². The number of ether oxygens (including phenoxy) is 1. The Kier molecular flexibility index (Phi) is 5.76. The molecule has 112 valence electrons. The van der Waals surface area contributed by atoms with Crippen LogP contribution in [0, 0.1) is 12.7 Å². The molecule has 1 N–H and O–H groups in total. The molecule has 0 saturated carbocycles. The normalized spacial score (nSPS) is 10.6. The van der Waals surface area contributed by atoms with Gasteiger partial charge in [-0.15, -0.1) is 0 Å². The summed E-state index contributed by atoms with van der Waals surface area (Å²) in [6, 6.07) is 12.9. The van der Waals surface area contributed by atoms with Crippen molar-refractivity contribution < 1.29 is 9.13 Å². The lowest BCUT2D eigenvalue weighted by molar-refractivity contribution is 0.303. The molecule has 0 amide bonds. The van der Waals surface area contributed by atoms with Gasteiger partial charge < -0.3 is 10.1 Å². The standard InChI is InChI=1S/C18H22FNO/c1-3-10-20-12-15-4-6-16(7-5-15)13-21-18-9-8-17(19)11-14(18)2/h4-9,11,20H,3,10,12-13H2,1-2H3. The molecule has 0 aliphatic heterocycles. The first-order valence-electron chi connectivity index (χ1n) is 7.36. The highest BCUT2D eigenvalue weighted by Gasteiger charge is 2.02. The van der Waals surface area contributed by atoms with Crippen molar-refractivity contribution in [2.75, 3.05) is 6.54 Å². The number of hydrogen-bond donors (Lipinski definition) is 1. The number of halogens is 1. The van der Waals surface area contributed by atoms with Crippen molar-refractivity contribution in [2.45, 2.75) is 33.4 Å². The second-order valence-electron chi connectivity index (χ2n) is 5.19. The summed E-state index contributed by atoms with van der Waals surface area (Å²) < 4.78 is 18.8. The lowest BCUT2D eigenvalue weighted by Gasteiger charge is -2.10. The highest BCUT2D eigenvalue weighted by molar-refractivity contribution is 5.33. The molecular formula is C18H22FNO. The minimum absolute atomic E-state index is 0.233. The summed E-state index contributed by atoms with van der Waals surface area (Å²) in [5.74, 6) is 0.494. The zero-order chi connectivity index (χ0) is 15.1. The summed E-state index contributed by atoms with van der Waals surface area (Å²) in [4.78, 5) is 0. The zero-order valence-corrected chi connectivity index (χ0v) is 12.7. The topological polar surface area (TPSA) is 21.3 Å². The Morgan fingerprint density at radius 3 is 2.43 bits per heavy atom. The van der Waals surface area contributed by atoms with Crippen LogP contribution in [0.3, 0.4) is 0 Å². The lowest BCUT2D eigenvalue weighted by atomic mass is 10.1. The second kappa shape index (κ2) is 7.79. The van der Waals surface area contributed by atoms with Gasteiger partial charge in [0, 0.05) is 6.54 Å². The van der Waals surface area contributed by atoms with Crippen molar-refractivity contribution in [1.82, 2.24) is 5.32 Å². The minimum Gasteiger partial charge on any atom is -0.489 e. The number of benzene rings is 2. The Labute approximate surface area is 126 Å². The van der Waals surface area contributed by atoms with Gasteiger partial charge in [0.15, 0.2) is 0 Å². The molecular weight excluding hydrogens is 265 g/mol. The van der Waals surface area contributed by atoms with Gasteiger partial charge in [0.25, 0.3) is 0 Å². The molecule has 0 aliphatic rings. The van der Waals surface area contributed by atoms with E-state index in [1.807, 2.05) is 6.92 Å². The van der Waals surface area contributed by atoms with Crippen LogP contribution >= 0.6 is 0 Å². The van der Waals surface area contributed by atoms with E-state index >= 15 is 0 Å². The van der Waals surface area contributed by atoms with E-state index in [9.17, 15) is 4.39 Å². The quantitative estimate of drug-likeness (QED) is 0.770. The maximum absolute atomic E-state index is 13.0. The summed E-state index contributed by atoms with van der Waals surface area (Å²) in [6.07, 6.45) is 1.14. The van der Waals surface area contributed by atoms with Crippen LogP contribution in [-0.2, 0) is 13.2 Å². The minimum atomic E-state index is -0.233. The Bertz CT molecular complexity index is 566. The number of nitrogens with one attached hydrogen (secondary N) is 1. The zero-order valence-electron chi connectivity index (χ0n) is 12.7. The van der Waals surface area contributed by atoms with Crippen molar-refractivity contribution >= 4 is 0 Å². The summed E-state index contributed by atoms with van der Waals surface area (Å²) in [5.41, 5.74) is 3.19. The molecule has 3 heteroatoms. The maximum Gasteiger partial charge on any atom is 0.123 e. The Morgan fingerprint density at radius 2 is 1.76 bits per heavy atom. The first-order valence-corrected chi connectivity index (χ1v) is 7.36. The fourth-order valence-corrected chi connectivity index (χ4v) is 2.10. The van der Waals surface area contributed by atoms with Gasteiger partial charge in [-0.1, -0.05) is 31.2 Å². The van der Waals surface area contributed by atoms with Gasteiger partial charge in [-0.05, 0) is 54.8 Å². The predicted octanol–water partition coefficient (Wildman–Crippen LogP) is 4.21. The molecule has 2 nitrogen and oxygen atoms in total. The van der Waals surface area contributed by atoms with Gasteiger partial charge in [0.2, 0.25) is 0 Å². The Morgan fingerprint density at radius 1 is 1.05 bits per heavy atom. The smallest absolute Gasteiger partial charge is 0.123 e. The van der Waals surface area contributed by atoms with E-state index in [1.54, 1.807) is 6.07 Å². The molecule has 0 saturated heterocycles. The molecule has 0 atom stereocenters. The molecule has 0 radical (unpaired) electrons. The van der Waals surface area contributed by atoms with Gasteiger partial charge in [0.1, 0.15) is 18.2 Å². The summed E-state index contributed by atoms with van der Waals surface area (Å²) in [7, 11) is 0. The van der Waals surface area contributed by atoms with Crippen LogP contribution in [0.5, 0.6) is 5.75 Å². The fourth-order valence-electron chi connectivity index (χ4n) is 2.10. The van der Waals surface area contributed by atoms with E-state index in [0.717, 1.165) is 36.4 Å². The van der Waals surface area contributed by atoms with Crippen LogP contribution < -0.4 is 10.1 Å². The number of rotatable bonds is 7. The molecule has 2 aromatic carbocycles. The molecule has 0 unspecified atom stereocenters. The van der Waals surface area contributed by atoms with E-state index in [4.69, 9.17) is 4.74 Å². The van der Waals surface area contributed by atoms with Crippen molar-refractivity contribution in [3.8, 4) is 5.75 Å². The summed E-state index contributed by atoms with van der Waals surface area (Å²) >= 11 is 0. The SMILES string of the molecule is CCCNCc1ccc(COc2ccc(F)cc2C)cc1. The summed E-state index contributed by atoms with van der Waals surface area (Å²) in [5, 5.41) is 3.37. The molecule has 0 spiro atoms. The second-order valence-corrected chi connectivity index (χ2v) is 5.19. The van der Waals surface area contributed by atoms with Crippen molar-refractivity contribution in [3.05, 3.63) is 65.0 Å². The average molecular weight is 287 g/mol. The molecule has 2 aromatic rings. The molecule has 0 fully saturated rings. The predicted molar refractivity (Wildman–Crippen MR) is 83.9 cm³/mol. The molecule has 21 heavy (non-hydrogen) atoms. The monoisotopic (exact) mass is 287 g/mol. The fraction of sp³-hybridized carbons (Fsp3) is 0.333. The first kappa shape index (κ1) is 15.5. The van der Waals surface area contributed by atoms with Gasteiger partial charge in [-0.3, -0.25) is 0 Å². The molecule has 0 heterocycles. The lowest BCUT2D eigenvalue weighted by Crippen LogP contribution is -2.13. The van der Waals surface area contributed by atoms with E-state index < -0.39 is 0 Å². The third-order valence-electron chi connectivity index (χ3n) is 3.31. The highest BCUT2D eigenvalue weighted by Crippen LogP contribution is 2.19. The third-order valence-corrected chi connectivity index (χ3v) is 3.31. The van der Waals surface area contributed by atoms with Crippen molar-refractivity contribution in [2.24, 2.45) is 0 Å². The van der Waals surface area contributed by atoms with Gasteiger partial charge in [-0.25, -0.2) is 4.39 Å². The highest BCUT2D eigenvalue weighted by atomic mass is 19.1. The third kappa shape index (κ3) is 4.87.